The Bertz CT molecular complexity index is 1890. The SMILES string of the molecule is CC/C=C\C/C=C\C/C=C\C/C=C\C/C=C\C/C=C\C/C=C\C/C=C\CCCCCCCCCCCCCCCCCCC(=O)OC(COC(=O)CCCCCC/C=C\C/C=C\C/C=C\C/C=C\CC)COP(=O)([O-])OCC[N+](C)(C)C. The molecule has 0 aromatic carbocycles. The number of phosphoric ester groups is 1. The van der Waals surface area contributed by atoms with Crippen LogP contribution in [0.1, 0.15) is 245 Å². The molecule has 0 aromatic rings. The summed E-state index contributed by atoms with van der Waals surface area (Å²) < 4.78 is 34.2. The minimum atomic E-state index is -4.65. The van der Waals surface area contributed by atoms with Crippen LogP contribution in [0.25, 0.3) is 0 Å². The van der Waals surface area contributed by atoms with Gasteiger partial charge in [-0.1, -0.05) is 262 Å². The molecule has 0 amide bonds. The molecule has 2 unspecified atom stereocenters. The fraction of sp³-hybridized carbons (Fsp3) is 0.639. The lowest BCUT2D eigenvalue weighted by Gasteiger charge is -2.28. The van der Waals surface area contributed by atoms with Gasteiger partial charge in [0.05, 0.1) is 27.7 Å². The molecule has 0 spiro atoms. The molecule has 0 bridgehead atoms. The maximum atomic E-state index is 12.8. The molecular formula is C72H120NO8P. The molecule has 0 aromatic heterocycles. The van der Waals surface area contributed by atoms with Crippen LogP contribution in [0.4, 0.5) is 0 Å². The second-order valence-electron chi connectivity index (χ2n) is 22.4. The van der Waals surface area contributed by atoms with E-state index in [-0.39, 0.29) is 26.1 Å². The van der Waals surface area contributed by atoms with Crippen molar-refractivity contribution in [3.63, 3.8) is 0 Å². The number of hydrogen-bond donors (Lipinski definition) is 0. The number of unbranched alkanes of at least 4 members (excludes halogenated alkanes) is 20. The number of hydrogen-bond acceptors (Lipinski definition) is 8. The summed E-state index contributed by atoms with van der Waals surface area (Å²) in [5.74, 6) is -0.866. The summed E-state index contributed by atoms with van der Waals surface area (Å²) in [6.07, 6.45) is 90.7. The van der Waals surface area contributed by atoms with Crippen molar-refractivity contribution in [3.05, 3.63) is 146 Å². The van der Waals surface area contributed by atoms with Crippen molar-refractivity contribution in [1.29, 1.82) is 0 Å². The molecule has 82 heavy (non-hydrogen) atoms. The monoisotopic (exact) mass is 1160 g/mol. The molecule has 0 saturated carbocycles. The fourth-order valence-electron chi connectivity index (χ4n) is 8.43. The van der Waals surface area contributed by atoms with Crippen molar-refractivity contribution in [1.82, 2.24) is 0 Å². The Morgan fingerprint density at radius 3 is 0.976 bits per heavy atom. The fourth-order valence-corrected chi connectivity index (χ4v) is 9.16. The Labute approximate surface area is 503 Å². The van der Waals surface area contributed by atoms with Gasteiger partial charge >= 0.3 is 11.9 Å². The van der Waals surface area contributed by atoms with Crippen molar-refractivity contribution in [2.24, 2.45) is 0 Å². The van der Waals surface area contributed by atoms with Crippen LogP contribution in [0, 0.1) is 0 Å². The zero-order valence-corrected chi connectivity index (χ0v) is 53.8. The summed E-state index contributed by atoms with van der Waals surface area (Å²) in [5, 5.41) is 0. The molecular weight excluding hydrogens is 1040 g/mol. The summed E-state index contributed by atoms with van der Waals surface area (Å²) in [7, 11) is 1.14. The van der Waals surface area contributed by atoms with E-state index in [0.717, 1.165) is 122 Å². The molecule has 0 heterocycles. The number of allylic oxidation sites excluding steroid dienone is 24. The Morgan fingerprint density at radius 2 is 0.659 bits per heavy atom. The molecule has 2 atom stereocenters. The van der Waals surface area contributed by atoms with Gasteiger partial charge in [-0.05, 0) is 116 Å². The normalized spacial score (nSPS) is 14.2. The van der Waals surface area contributed by atoms with Crippen LogP contribution >= 0.6 is 7.82 Å². The number of carbonyl (C=O) groups excluding carboxylic acids is 2. The first kappa shape index (κ1) is 77.9. The number of esters is 2. The van der Waals surface area contributed by atoms with Crippen molar-refractivity contribution in [2.75, 3.05) is 47.5 Å². The third kappa shape index (κ3) is 65.0. The summed E-state index contributed by atoms with van der Waals surface area (Å²) in [5.41, 5.74) is 0. The van der Waals surface area contributed by atoms with Gasteiger partial charge in [0.1, 0.15) is 19.8 Å². The van der Waals surface area contributed by atoms with Crippen molar-refractivity contribution in [2.45, 2.75) is 251 Å². The van der Waals surface area contributed by atoms with Crippen LogP contribution in [0.15, 0.2) is 146 Å². The average molecular weight is 1160 g/mol. The first-order valence-electron chi connectivity index (χ1n) is 32.5. The quantitative estimate of drug-likeness (QED) is 0.0195. The molecule has 0 saturated heterocycles. The van der Waals surface area contributed by atoms with Gasteiger partial charge in [0, 0.05) is 12.8 Å². The highest BCUT2D eigenvalue weighted by atomic mass is 31.2. The molecule has 0 N–H and O–H groups in total. The van der Waals surface area contributed by atoms with Gasteiger partial charge in [-0.25, -0.2) is 0 Å². The zero-order chi connectivity index (χ0) is 59.8. The Hall–Kier alpha value is -4.11. The second kappa shape index (κ2) is 61.5. The van der Waals surface area contributed by atoms with Crippen LogP contribution in [0.3, 0.4) is 0 Å². The van der Waals surface area contributed by atoms with Crippen LogP contribution in [0.2, 0.25) is 0 Å². The van der Waals surface area contributed by atoms with E-state index in [1.54, 1.807) is 0 Å². The molecule has 0 aliphatic heterocycles. The van der Waals surface area contributed by atoms with Crippen molar-refractivity contribution >= 4 is 19.8 Å². The third-order valence-electron chi connectivity index (χ3n) is 13.4. The van der Waals surface area contributed by atoms with Gasteiger partial charge in [-0.3, -0.25) is 14.2 Å². The predicted molar refractivity (Wildman–Crippen MR) is 350 cm³/mol. The summed E-state index contributed by atoms with van der Waals surface area (Å²) >= 11 is 0. The summed E-state index contributed by atoms with van der Waals surface area (Å²) in [6, 6.07) is 0. The maximum Gasteiger partial charge on any atom is 0.306 e. The van der Waals surface area contributed by atoms with Gasteiger partial charge in [-0.15, -0.1) is 0 Å². The molecule has 0 radical (unpaired) electrons. The Morgan fingerprint density at radius 1 is 0.378 bits per heavy atom. The topological polar surface area (TPSA) is 111 Å². The second-order valence-corrected chi connectivity index (χ2v) is 23.8. The lowest BCUT2D eigenvalue weighted by Crippen LogP contribution is -2.37. The number of rotatable bonds is 58. The number of quaternary nitrogens is 1. The molecule has 0 rings (SSSR count). The largest absolute Gasteiger partial charge is 0.756 e. The standard InChI is InChI=1S/C72H120NO8P/c1-6-8-10-12-14-16-18-20-22-24-25-26-27-28-29-30-31-32-33-34-35-36-37-38-39-40-41-42-43-44-45-46-47-49-51-53-55-57-59-61-63-65-72(75)81-70(69-80-82(76,77)79-67-66-73(3,4)5)68-78-71(74)64-62-60-58-56-54-52-50-48-23-21-19-17-15-13-11-9-7-2/h8-11,14-17,20-23,25-26,28-29,31-32,34-35,37-38,50,52,70H,6-7,12-13,18-19,24,27,30,33,36,39-49,51,53-69H2,1-5H3/b10-8-,11-9-,16-14-,17-15-,22-20-,23-21-,26-25-,29-28-,32-31-,35-34-,38-37-,52-50-. The first-order valence-corrected chi connectivity index (χ1v) is 34.0. The zero-order valence-electron chi connectivity index (χ0n) is 52.9. The van der Waals surface area contributed by atoms with Crippen LogP contribution in [-0.2, 0) is 32.7 Å². The van der Waals surface area contributed by atoms with Gasteiger partial charge < -0.3 is 27.9 Å². The molecule has 0 fully saturated rings. The smallest absolute Gasteiger partial charge is 0.306 e. The van der Waals surface area contributed by atoms with E-state index in [1.165, 1.54) is 83.5 Å². The van der Waals surface area contributed by atoms with Crippen LogP contribution in [-0.4, -0.2) is 70.0 Å². The third-order valence-corrected chi connectivity index (χ3v) is 14.3. The van der Waals surface area contributed by atoms with Gasteiger partial charge in [0.2, 0.25) is 0 Å². The number of likely N-dealkylation sites (N-methyl/N-ethyl adjacent to an activating group) is 1. The Balaban J connectivity index is 4.03. The van der Waals surface area contributed by atoms with E-state index < -0.39 is 32.5 Å². The first-order chi connectivity index (χ1) is 40.0. The summed E-state index contributed by atoms with van der Waals surface area (Å²) in [6.45, 7) is 3.97. The molecule has 10 heteroatoms. The highest BCUT2D eigenvalue weighted by Gasteiger charge is 2.22. The average Bonchev–Trinajstić information content (AvgIpc) is 3.45. The Kier molecular flexibility index (Phi) is 58.4. The van der Waals surface area contributed by atoms with E-state index in [4.69, 9.17) is 18.5 Å². The molecule has 0 aliphatic rings. The van der Waals surface area contributed by atoms with E-state index in [0.29, 0.717) is 23.9 Å². The number of phosphoric acid groups is 1. The maximum absolute atomic E-state index is 12.8. The number of nitrogens with zero attached hydrogens (tertiary/aromatic N) is 1. The minimum absolute atomic E-state index is 0.0409. The van der Waals surface area contributed by atoms with Crippen molar-refractivity contribution < 1.29 is 42.1 Å². The highest BCUT2D eigenvalue weighted by Crippen LogP contribution is 2.38. The van der Waals surface area contributed by atoms with Gasteiger partial charge in [-0.2, -0.15) is 0 Å². The summed E-state index contributed by atoms with van der Waals surface area (Å²) in [4.78, 5) is 37.9. The van der Waals surface area contributed by atoms with Crippen LogP contribution < -0.4 is 4.89 Å². The number of carbonyl (C=O) groups is 2. The van der Waals surface area contributed by atoms with E-state index >= 15 is 0 Å². The van der Waals surface area contributed by atoms with Gasteiger partial charge in [0.25, 0.3) is 7.82 Å². The molecule has 0 aliphatic carbocycles. The van der Waals surface area contributed by atoms with E-state index in [1.807, 2.05) is 21.1 Å². The lowest BCUT2D eigenvalue weighted by atomic mass is 10.0. The number of ether oxygens (including phenoxy) is 2. The predicted octanol–water partition coefficient (Wildman–Crippen LogP) is 20.4. The highest BCUT2D eigenvalue weighted by molar-refractivity contribution is 7.45. The minimum Gasteiger partial charge on any atom is -0.756 e. The van der Waals surface area contributed by atoms with Gasteiger partial charge in [0.15, 0.2) is 6.10 Å². The molecule has 9 nitrogen and oxygen atoms in total. The van der Waals surface area contributed by atoms with Crippen LogP contribution in [0.5, 0.6) is 0 Å². The van der Waals surface area contributed by atoms with E-state index in [2.05, 4.69) is 160 Å². The van der Waals surface area contributed by atoms with Crippen molar-refractivity contribution in [3.8, 4) is 0 Å². The van der Waals surface area contributed by atoms with E-state index in [9.17, 15) is 19.0 Å². The lowest BCUT2D eigenvalue weighted by molar-refractivity contribution is -0.870. The molecule has 466 valence electrons.